The highest BCUT2D eigenvalue weighted by Crippen LogP contribution is 2.28. The molecule has 2 amide bonds. The highest BCUT2D eigenvalue weighted by Gasteiger charge is 2.27. The average molecular weight is 391 g/mol. The minimum Gasteiger partial charge on any atom is -0.368 e. The number of amides is 2. The molecule has 8 heteroatoms. The van der Waals surface area contributed by atoms with E-state index in [1.54, 1.807) is 11.5 Å². The Kier molecular flexibility index (Phi) is 5.64. The van der Waals surface area contributed by atoms with Crippen LogP contribution in [0.2, 0.25) is 0 Å². The standard InChI is InChI=1S/C19H26N4O3S/c1-4-10(2)14(16(20)24)22-17(25)15-11(3)13-18(27-15)21-12-8-6-5-7-9-23(12)19(13)26/h10,14H,4-9H2,1-3H3,(H2,20,24)(H,22,25). The van der Waals surface area contributed by atoms with Crippen LogP contribution in [0.3, 0.4) is 0 Å². The minimum absolute atomic E-state index is 0.0686. The minimum atomic E-state index is -0.738. The summed E-state index contributed by atoms with van der Waals surface area (Å²) in [5.41, 5.74) is 6.01. The Hall–Kier alpha value is -2.22. The lowest BCUT2D eigenvalue weighted by molar-refractivity contribution is -0.120. The molecule has 3 rings (SSSR count). The van der Waals surface area contributed by atoms with Gasteiger partial charge in [-0.05, 0) is 31.2 Å². The molecule has 0 aliphatic carbocycles. The first kappa shape index (κ1) is 19.5. The van der Waals surface area contributed by atoms with Crippen molar-refractivity contribution in [3.8, 4) is 0 Å². The first-order valence-electron chi connectivity index (χ1n) is 9.48. The number of aromatic nitrogens is 2. The fourth-order valence-electron chi connectivity index (χ4n) is 3.56. The SMILES string of the molecule is CCC(C)C(NC(=O)c1sc2nc3n(c(=O)c2c1C)CCCCC3)C(N)=O. The van der Waals surface area contributed by atoms with E-state index in [0.29, 0.717) is 27.2 Å². The monoisotopic (exact) mass is 390 g/mol. The number of nitrogens with zero attached hydrogens (tertiary/aromatic N) is 2. The Labute approximate surface area is 162 Å². The molecule has 0 spiro atoms. The van der Waals surface area contributed by atoms with Gasteiger partial charge in [0.25, 0.3) is 11.5 Å². The van der Waals surface area contributed by atoms with E-state index in [1.165, 1.54) is 11.3 Å². The van der Waals surface area contributed by atoms with Gasteiger partial charge in [-0.15, -0.1) is 11.3 Å². The van der Waals surface area contributed by atoms with Crippen molar-refractivity contribution in [2.24, 2.45) is 11.7 Å². The van der Waals surface area contributed by atoms with Crippen molar-refractivity contribution in [3.63, 3.8) is 0 Å². The zero-order valence-corrected chi connectivity index (χ0v) is 16.8. The summed E-state index contributed by atoms with van der Waals surface area (Å²) in [4.78, 5) is 43.2. The first-order chi connectivity index (χ1) is 12.8. The van der Waals surface area contributed by atoms with Gasteiger partial charge in [-0.2, -0.15) is 0 Å². The number of hydrogen-bond acceptors (Lipinski definition) is 5. The van der Waals surface area contributed by atoms with Gasteiger partial charge < -0.3 is 11.1 Å². The van der Waals surface area contributed by atoms with Crippen molar-refractivity contribution in [2.75, 3.05) is 0 Å². The van der Waals surface area contributed by atoms with Crippen LogP contribution < -0.4 is 16.6 Å². The van der Waals surface area contributed by atoms with Gasteiger partial charge >= 0.3 is 0 Å². The van der Waals surface area contributed by atoms with Crippen molar-refractivity contribution < 1.29 is 9.59 Å². The largest absolute Gasteiger partial charge is 0.368 e. The van der Waals surface area contributed by atoms with Crippen LogP contribution in [0.1, 0.15) is 60.6 Å². The summed E-state index contributed by atoms with van der Waals surface area (Å²) in [5.74, 6) is -0.200. The molecule has 3 heterocycles. The predicted molar refractivity (Wildman–Crippen MR) is 106 cm³/mol. The highest BCUT2D eigenvalue weighted by molar-refractivity contribution is 7.20. The number of hydrogen-bond donors (Lipinski definition) is 2. The molecule has 1 aliphatic heterocycles. The molecule has 0 aromatic carbocycles. The van der Waals surface area contributed by atoms with E-state index < -0.39 is 11.9 Å². The highest BCUT2D eigenvalue weighted by atomic mass is 32.1. The number of carbonyl (C=O) groups excluding carboxylic acids is 2. The molecule has 146 valence electrons. The molecular weight excluding hydrogens is 364 g/mol. The Morgan fingerprint density at radius 2 is 2.07 bits per heavy atom. The zero-order valence-electron chi connectivity index (χ0n) is 16.0. The van der Waals surface area contributed by atoms with Crippen LogP contribution in [-0.2, 0) is 17.8 Å². The van der Waals surface area contributed by atoms with Gasteiger partial charge in [0.2, 0.25) is 5.91 Å². The maximum atomic E-state index is 13.0. The summed E-state index contributed by atoms with van der Waals surface area (Å²) in [5, 5.41) is 3.25. The van der Waals surface area contributed by atoms with E-state index in [2.05, 4.69) is 10.3 Å². The second-order valence-electron chi connectivity index (χ2n) is 7.27. The van der Waals surface area contributed by atoms with Gasteiger partial charge in [0.05, 0.1) is 10.3 Å². The molecule has 2 aromatic rings. The Bertz CT molecular complexity index is 947. The number of nitrogens with one attached hydrogen (secondary N) is 1. The van der Waals surface area contributed by atoms with Crippen molar-refractivity contribution >= 4 is 33.4 Å². The number of carbonyl (C=O) groups is 2. The quantitative estimate of drug-likeness (QED) is 0.815. The molecule has 0 radical (unpaired) electrons. The summed E-state index contributed by atoms with van der Waals surface area (Å²) >= 11 is 1.21. The molecule has 0 bridgehead atoms. The van der Waals surface area contributed by atoms with Gasteiger partial charge in [0.15, 0.2) is 0 Å². The summed E-state index contributed by atoms with van der Waals surface area (Å²) in [6.07, 6.45) is 4.57. The molecule has 2 atom stereocenters. The third-order valence-electron chi connectivity index (χ3n) is 5.42. The van der Waals surface area contributed by atoms with Gasteiger partial charge in [0, 0.05) is 13.0 Å². The zero-order chi connectivity index (χ0) is 19.7. The number of fused-ring (bicyclic) bond motifs is 2. The Morgan fingerprint density at radius 1 is 1.33 bits per heavy atom. The Balaban J connectivity index is 2.02. The van der Waals surface area contributed by atoms with E-state index in [9.17, 15) is 14.4 Å². The maximum absolute atomic E-state index is 13.0. The van der Waals surface area contributed by atoms with Gasteiger partial charge in [-0.3, -0.25) is 19.0 Å². The van der Waals surface area contributed by atoms with Crippen LogP contribution in [0, 0.1) is 12.8 Å². The second-order valence-corrected chi connectivity index (χ2v) is 8.27. The fraction of sp³-hybridized carbons (Fsp3) is 0.579. The van der Waals surface area contributed by atoms with E-state index in [0.717, 1.165) is 37.9 Å². The molecule has 1 aliphatic rings. The summed E-state index contributed by atoms with van der Waals surface area (Å²) in [6, 6.07) is -0.738. The normalized spacial score (nSPS) is 16.4. The molecule has 27 heavy (non-hydrogen) atoms. The predicted octanol–water partition coefficient (Wildman–Crippen LogP) is 2.12. The number of nitrogens with two attached hydrogens (primary N) is 1. The first-order valence-corrected chi connectivity index (χ1v) is 10.3. The lowest BCUT2D eigenvalue weighted by Crippen LogP contribution is -2.48. The third kappa shape index (κ3) is 3.63. The topological polar surface area (TPSA) is 107 Å². The summed E-state index contributed by atoms with van der Waals surface area (Å²) in [7, 11) is 0. The van der Waals surface area contributed by atoms with Crippen LogP contribution in [0.25, 0.3) is 10.2 Å². The lowest BCUT2D eigenvalue weighted by Gasteiger charge is -2.20. The molecular formula is C19H26N4O3S. The molecule has 0 fully saturated rings. The summed E-state index contributed by atoms with van der Waals surface area (Å²) < 4.78 is 1.75. The van der Waals surface area contributed by atoms with Crippen LogP contribution >= 0.6 is 11.3 Å². The molecule has 0 saturated heterocycles. The number of aryl methyl sites for hydroxylation is 2. The second kappa shape index (κ2) is 7.80. The maximum Gasteiger partial charge on any atom is 0.262 e. The van der Waals surface area contributed by atoms with E-state index >= 15 is 0 Å². The number of rotatable bonds is 5. The van der Waals surface area contributed by atoms with Crippen LogP contribution in [0.15, 0.2) is 4.79 Å². The van der Waals surface area contributed by atoms with Crippen molar-refractivity contribution in [1.29, 1.82) is 0 Å². The van der Waals surface area contributed by atoms with Gasteiger partial charge in [0.1, 0.15) is 16.7 Å². The fourth-order valence-corrected chi connectivity index (χ4v) is 4.66. The molecule has 0 saturated carbocycles. The van der Waals surface area contributed by atoms with Crippen LogP contribution in [0.5, 0.6) is 0 Å². The number of thiophene rings is 1. The van der Waals surface area contributed by atoms with Crippen molar-refractivity contribution in [1.82, 2.24) is 14.9 Å². The third-order valence-corrected chi connectivity index (χ3v) is 6.61. The molecule has 2 aromatic heterocycles. The van der Waals surface area contributed by atoms with E-state index in [-0.39, 0.29) is 17.4 Å². The Morgan fingerprint density at radius 3 is 2.74 bits per heavy atom. The number of primary amides is 1. The summed E-state index contributed by atoms with van der Waals surface area (Å²) in [6.45, 7) is 6.25. The molecule has 7 nitrogen and oxygen atoms in total. The smallest absolute Gasteiger partial charge is 0.262 e. The van der Waals surface area contributed by atoms with E-state index in [1.807, 2.05) is 13.8 Å². The van der Waals surface area contributed by atoms with E-state index in [4.69, 9.17) is 5.73 Å². The van der Waals surface area contributed by atoms with Gasteiger partial charge in [-0.1, -0.05) is 26.7 Å². The van der Waals surface area contributed by atoms with Gasteiger partial charge in [-0.25, -0.2) is 4.98 Å². The van der Waals surface area contributed by atoms with Crippen molar-refractivity contribution in [3.05, 3.63) is 26.6 Å². The molecule has 3 N–H and O–H groups in total. The van der Waals surface area contributed by atoms with Crippen molar-refractivity contribution in [2.45, 2.75) is 65.5 Å². The van der Waals surface area contributed by atoms with Crippen LogP contribution in [0.4, 0.5) is 0 Å². The molecule has 2 unspecified atom stereocenters. The average Bonchev–Trinajstić information content (AvgIpc) is 2.81. The lowest BCUT2D eigenvalue weighted by atomic mass is 9.98. The van der Waals surface area contributed by atoms with Crippen LogP contribution in [-0.4, -0.2) is 27.4 Å².